The minimum absolute atomic E-state index is 0.0989. The number of benzene rings is 1. The lowest BCUT2D eigenvalue weighted by atomic mass is 10.2. The summed E-state index contributed by atoms with van der Waals surface area (Å²) in [6, 6.07) is 9.98. The van der Waals surface area contributed by atoms with E-state index in [1.807, 2.05) is 33.8 Å². The first-order valence-electron chi connectivity index (χ1n) is 7.77. The Labute approximate surface area is 145 Å². The van der Waals surface area contributed by atoms with Crippen LogP contribution in [0, 0.1) is 5.82 Å². The van der Waals surface area contributed by atoms with E-state index in [9.17, 15) is 8.94 Å². The third-order valence-electron chi connectivity index (χ3n) is 3.43. The fraction of sp³-hybridized carbons (Fsp3) is 0.389. The molecule has 0 spiro atoms. The maximum Gasteiger partial charge on any atom is 0.213 e. The maximum atomic E-state index is 13.5. The van der Waals surface area contributed by atoms with Crippen molar-refractivity contribution in [2.45, 2.75) is 45.1 Å². The standard InChI is InChI=1S/C18H23FN2O2S/c1-13(21-24(22)18(2,3)4)14-9-10-17(20-11-14)23-12-15-7-5-6-8-16(15)19/h5-11,13,21H,12H2,1-4H3/t13?,24-/m1/s1. The molecule has 0 fully saturated rings. The van der Waals surface area contributed by atoms with Crippen LogP contribution >= 0.6 is 0 Å². The Bertz CT molecular complexity index is 659. The first-order valence-corrected chi connectivity index (χ1v) is 8.92. The van der Waals surface area contributed by atoms with E-state index in [1.54, 1.807) is 30.5 Å². The lowest BCUT2D eigenvalue weighted by Gasteiger charge is -2.26. The van der Waals surface area contributed by atoms with Crippen molar-refractivity contribution < 1.29 is 13.7 Å². The molecule has 0 saturated heterocycles. The molecule has 24 heavy (non-hydrogen) atoms. The molecule has 1 aromatic carbocycles. The van der Waals surface area contributed by atoms with Gasteiger partial charge in [0.25, 0.3) is 0 Å². The van der Waals surface area contributed by atoms with Gasteiger partial charge in [0.15, 0.2) is 0 Å². The Morgan fingerprint density at radius 1 is 1.25 bits per heavy atom. The third-order valence-corrected chi connectivity index (χ3v) is 5.11. The molecule has 1 unspecified atom stereocenters. The number of nitrogens with one attached hydrogen (secondary N) is 1. The first-order chi connectivity index (χ1) is 11.3. The molecule has 4 nitrogen and oxygen atoms in total. The zero-order valence-electron chi connectivity index (χ0n) is 14.4. The second-order valence-electron chi connectivity index (χ2n) is 6.53. The van der Waals surface area contributed by atoms with Gasteiger partial charge in [-0.15, -0.1) is 4.72 Å². The van der Waals surface area contributed by atoms with Gasteiger partial charge in [-0.25, -0.2) is 9.37 Å². The summed E-state index contributed by atoms with van der Waals surface area (Å²) in [5.74, 6) is 0.128. The predicted octanol–water partition coefficient (Wildman–Crippen LogP) is 3.91. The number of nitrogens with zero attached hydrogens (tertiary/aromatic N) is 1. The lowest BCUT2D eigenvalue weighted by Crippen LogP contribution is -2.40. The van der Waals surface area contributed by atoms with Crippen LogP contribution < -0.4 is 9.46 Å². The van der Waals surface area contributed by atoms with Crippen LogP contribution in [-0.2, 0) is 18.0 Å². The van der Waals surface area contributed by atoms with Crippen molar-refractivity contribution in [3.05, 3.63) is 59.5 Å². The lowest BCUT2D eigenvalue weighted by molar-refractivity contribution is 0.288. The van der Waals surface area contributed by atoms with Crippen molar-refractivity contribution >= 4 is 11.4 Å². The highest BCUT2D eigenvalue weighted by atomic mass is 32.2. The molecule has 2 aromatic rings. The average molecular weight is 350 g/mol. The largest absolute Gasteiger partial charge is 0.598 e. The van der Waals surface area contributed by atoms with E-state index < -0.39 is 11.4 Å². The molecule has 6 heteroatoms. The highest BCUT2D eigenvalue weighted by Crippen LogP contribution is 2.20. The zero-order chi connectivity index (χ0) is 17.7. The van der Waals surface area contributed by atoms with Gasteiger partial charge in [-0.1, -0.05) is 24.3 Å². The molecule has 1 N–H and O–H groups in total. The van der Waals surface area contributed by atoms with Crippen LogP contribution in [0.5, 0.6) is 5.88 Å². The highest BCUT2D eigenvalue weighted by molar-refractivity contribution is 7.90. The van der Waals surface area contributed by atoms with E-state index in [2.05, 4.69) is 9.71 Å². The summed E-state index contributed by atoms with van der Waals surface area (Å²) in [6.07, 6.45) is 1.67. The van der Waals surface area contributed by atoms with E-state index in [1.165, 1.54) is 6.07 Å². The molecule has 0 saturated carbocycles. The van der Waals surface area contributed by atoms with Crippen molar-refractivity contribution in [2.24, 2.45) is 0 Å². The molecule has 0 aliphatic carbocycles. The van der Waals surface area contributed by atoms with Crippen LogP contribution in [0.4, 0.5) is 4.39 Å². The molecular weight excluding hydrogens is 327 g/mol. The van der Waals surface area contributed by atoms with Crippen molar-refractivity contribution in [3.8, 4) is 5.88 Å². The molecule has 0 amide bonds. The van der Waals surface area contributed by atoms with E-state index in [0.717, 1.165) is 5.56 Å². The molecule has 0 bridgehead atoms. The number of hydrogen-bond donors (Lipinski definition) is 1. The van der Waals surface area contributed by atoms with E-state index in [0.29, 0.717) is 11.4 Å². The van der Waals surface area contributed by atoms with Gasteiger partial charge >= 0.3 is 0 Å². The molecule has 130 valence electrons. The van der Waals surface area contributed by atoms with Crippen LogP contribution in [0.25, 0.3) is 0 Å². The van der Waals surface area contributed by atoms with Gasteiger partial charge < -0.3 is 9.29 Å². The van der Waals surface area contributed by atoms with E-state index in [4.69, 9.17) is 4.74 Å². The number of hydrogen-bond acceptors (Lipinski definition) is 4. The highest BCUT2D eigenvalue weighted by Gasteiger charge is 2.28. The van der Waals surface area contributed by atoms with E-state index >= 15 is 0 Å². The van der Waals surface area contributed by atoms with Crippen molar-refractivity contribution in [1.29, 1.82) is 0 Å². The second kappa shape index (κ2) is 7.96. The Balaban J connectivity index is 1.94. The maximum absolute atomic E-state index is 13.5. The first kappa shape index (κ1) is 18.7. The Hall–Kier alpha value is -1.63. The molecule has 1 aromatic heterocycles. The van der Waals surface area contributed by atoms with Crippen LogP contribution in [0.2, 0.25) is 0 Å². The molecule has 2 atom stereocenters. The zero-order valence-corrected chi connectivity index (χ0v) is 15.2. The molecule has 1 heterocycles. The molecule has 2 rings (SSSR count). The number of ether oxygens (including phenoxy) is 1. The summed E-state index contributed by atoms with van der Waals surface area (Å²) < 4.78 is 33.9. The fourth-order valence-corrected chi connectivity index (χ4v) is 2.72. The summed E-state index contributed by atoms with van der Waals surface area (Å²) >= 11 is -1.15. The van der Waals surface area contributed by atoms with Crippen LogP contribution in [0.1, 0.15) is 44.9 Å². The number of pyridine rings is 1. The molecule has 0 aliphatic heterocycles. The molecular formula is C18H23FN2O2S. The third kappa shape index (κ3) is 5.19. The number of halogens is 1. The summed E-state index contributed by atoms with van der Waals surface area (Å²) in [5, 5.41) is 0. The second-order valence-corrected chi connectivity index (χ2v) is 8.53. The Morgan fingerprint density at radius 3 is 2.54 bits per heavy atom. The molecule has 0 aliphatic rings. The van der Waals surface area contributed by atoms with Crippen LogP contribution in [0.3, 0.4) is 0 Å². The van der Waals surface area contributed by atoms with Crippen molar-refractivity contribution in [1.82, 2.24) is 9.71 Å². The fourth-order valence-electron chi connectivity index (χ4n) is 1.91. The summed E-state index contributed by atoms with van der Waals surface area (Å²) in [6.45, 7) is 7.81. The van der Waals surface area contributed by atoms with Gasteiger partial charge in [0.2, 0.25) is 5.88 Å². The minimum Gasteiger partial charge on any atom is -0.598 e. The van der Waals surface area contributed by atoms with Gasteiger partial charge in [0.05, 0.1) is 6.04 Å². The van der Waals surface area contributed by atoms with Gasteiger partial charge in [0, 0.05) is 29.2 Å². The van der Waals surface area contributed by atoms with Crippen LogP contribution in [-0.4, -0.2) is 14.3 Å². The number of aromatic nitrogens is 1. The van der Waals surface area contributed by atoms with Gasteiger partial charge in [-0.05, 0) is 39.3 Å². The van der Waals surface area contributed by atoms with Gasteiger partial charge in [-0.3, -0.25) is 0 Å². The summed E-state index contributed by atoms with van der Waals surface area (Å²) in [4.78, 5) is 4.23. The van der Waals surface area contributed by atoms with Crippen molar-refractivity contribution in [3.63, 3.8) is 0 Å². The predicted molar refractivity (Wildman–Crippen MR) is 94.4 cm³/mol. The van der Waals surface area contributed by atoms with Gasteiger partial charge in [0.1, 0.15) is 17.2 Å². The Kier molecular flexibility index (Phi) is 6.21. The normalized spacial score (nSPS) is 14.2. The topological polar surface area (TPSA) is 57.2 Å². The van der Waals surface area contributed by atoms with Gasteiger partial charge in [-0.2, -0.15) is 0 Å². The van der Waals surface area contributed by atoms with E-state index in [-0.39, 0.29) is 23.2 Å². The number of rotatable bonds is 6. The smallest absolute Gasteiger partial charge is 0.213 e. The molecule has 0 radical (unpaired) electrons. The van der Waals surface area contributed by atoms with Crippen LogP contribution in [0.15, 0.2) is 42.6 Å². The Morgan fingerprint density at radius 2 is 1.96 bits per heavy atom. The quantitative estimate of drug-likeness (QED) is 0.803. The van der Waals surface area contributed by atoms with Crippen molar-refractivity contribution in [2.75, 3.05) is 0 Å². The minimum atomic E-state index is -1.15. The SMILES string of the molecule is CC(N[S@+]([O-])C(C)(C)C)c1ccc(OCc2ccccc2F)nc1. The average Bonchev–Trinajstić information content (AvgIpc) is 2.53. The monoisotopic (exact) mass is 350 g/mol. The summed E-state index contributed by atoms with van der Waals surface area (Å²) in [5.41, 5.74) is 1.39. The summed E-state index contributed by atoms with van der Waals surface area (Å²) in [7, 11) is 0.